The van der Waals surface area contributed by atoms with Crippen LogP contribution in [0.25, 0.3) is 0 Å². The van der Waals surface area contributed by atoms with E-state index in [1.165, 1.54) is 13.8 Å². The SMILES string of the molecule is CC(C)(C)OC(=O)NCCCC(NC(=O)OC(C)(C)C)C(O)=C1C(=O)OC(C)(C)OC1=O. The second-order valence-electron chi connectivity index (χ2n) is 9.71. The molecule has 1 atom stereocenters. The standard InChI is InChI=1S/C21H34N2O9/c1-19(2,3)31-17(27)22-11-9-10-12(23-18(28)32-20(4,5)6)14(24)13-15(25)29-21(7,8)30-16(13)26/h12,24H,9-11H2,1-8H3,(H,22,27)(H,23,28). The number of ether oxygens (including phenoxy) is 4. The molecule has 0 saturated carbocycles. The average molecular weight is 459 g/mol. The molecule has 11 heteroatoms. The predicted molar refractivity (Wildman–Crippen MR) is 113 cm³/mol. The molecule has 0 bridgehead atoms. The third kappa shape index (κ3) is 9.44. The van der Waals surface area contributed by atoms with Crippen molar-refractivity contribution in [1.82, 2.24) is 10.6 Å². The predicted octanol–water partition coefficient (Wildman–Crippen LogP) is 2.83. The fourth-order valence-electron chi connectivity index (χ4n) is 2.57. The Hall–Kier alpha value is -2.98. The molecule has 3 N–H and O–H groups in total. The van der Waals surface area contributed by atoms with Crippen LogP contribution in [-0.2, 0) is 28.5 Å². The van der Waals surface area contributed by atoms with Crippen molar-refractivity contribution >= 4 is 24.1 Å². The highest BCUT2D eigenvalue weighted by Gasteiger charge is 2.42. The van der Waals surface area contributed by atoms with Gasteiger partial charge >= 0.3 is 24.1 Å². The van der Waals surface area contributed by atoms with Gasteiger partial charge in [-0.2, -0.15) is 0 Å². The summed E-state index contributed by atoms with van der Waals surface area (Å²) in [4.78, 5) is 48.5. The molecular weight excluding hydrogens is 424 g/mol. The zero-order valence-corrected chi connectivity index (χ0v) is 19.9. The lowest BCUT2D eigenvalue weighted by atomic mass is 10.0. The van der Waals surface area contributed by atoms with Gasteiger partial charge in [-0.3, -0.25) is 0 Å². The number of carbonyl (C=O) groups excluding carboxylic acids is 4. The number of aliphatic hydroxyl groups is 1. The number of rotatable bonds is 6. The minimum Gasteiger partial charge on any atom is -0.509 e. The van der Waals surface area contributed by atoms with Crippen molar-refractivity contribution in [2.24, 2.45) is 0 Å². The number of nitrogens with one attached hydrogen (secondary N) is 2. The first-order valence-electron chi connectivity index (χ1n) is 10.3. The Morgan fingerprint density at radius 3 is 1.91 bits per heavy atom. The Kier molecular flexibility index (Phi) is 8.53. The molecular formula is C21H34N2O9. The molecule has 0 aromatic heterocycles. The minimum absolute atomic E-state index is 0.0499. The van der Waals surface area contributed by atoms with E-state index < -0.39 is 58.5 Å². The fourth-order valence-corrected chi connectivity index (χ4v) is 2.57. The number of alkyl carbamates (subject to hydrolysis) is 2. The van der Waals surface area contributed by atoms with E-state index in [-0.39, 0.29) is 19.4 Å². The molecule has 2 amide bonds. The second-order valence-corrected chi connectivity index (χ2v) is 9.71. The van der Waals surface area contributed by atoms with Gasteiger partial charge in [-0.15, -0.1) is 0 Å². The Morgan fingerprint density at radius 2 is 1.44 bits per heavy atom. The third-order valence-electron chi connectivity index (χ3n) is 3.70. The van der Waals surface area contributed by atoms with E-state index in [1.807, 2.05) is 0 Å². The Morgan fingerprint density at radius 1 is 0.969 bits per heavy atom. The fraction of sp³-hybridized carbons (Fsp3) is 0.714. The van der Waals surface area contributed by atoms with E-state index in [0.29, 0.717) is 0 Å². The molecule has 1 aliphatic heterocycles. The number of amides is 2. The van der Waals surface area contributed by atoms with Gasteiger partial charge in [0.25, 0.3) is 5.79 Å². The first kappa shape index (κ1) is 27.1. The van der Waals surface area contributed by atoms with Crippen LogP contribution in [0.4, 0.5) is 9.59 Å². The average Bonchev–Trinajstić information content (AvgIpc) is 2.52. The van der Waals surface area contributed by atoms with Crippen molar-refractivity contribution in [3.63, 3.8) is 0 Å². The molecule has 1 rings (SSSR count). The van der Waals surface area contributed by atoms with Crippen LogP contribution in [0, 0.1) is 0 Å². The zero-order valence-electron chi connectivity index (χ0n) is 19.9. The first-order valence-corrected chi connectivity index (χ1v) is 10.3. The van der Waals surface area contributed by atoms with Crippen molar-refractivity contribution in [3.05, 3.63) is 11.3 Å². The van der Waals surface area contributed by atoms with Crippen LogP contribution >= 0.6 is 0 Å². The highest BCUT2D eigenvalue weighted by atomic mass is 16.7. The number of hydrogen-bond donors (Lipinski definition) is 3. The lowest BCUT2D eigenvalue weighted by Crippen LogP contribution is -2.45. The molecule has 0 aliphatic carbocycles. The molecule has 1 saturated heterocycles. The third-order valence-corrected chi connectivity index (χ3v) is 3.70. The van der Waals surface area contributed by atoms with Gasteiger partial charge in [0, 0.05) is 20.4 Å². The van der Waals surface area contributed by atoms with E-state index in [0.717, 1.165) is 0 Å². The summed E-state index contributed by atoms with van der Waals surface area (Å²) in [6.45, 7) is 13.0. The number of aliphatic hydroxyl groups excluding tert-OH is 1. The van der Waals surface area contributed by atoms with Crippen molar-refractivity contribution in [1.29, 1.82) is 0 Å². The largest absolute Gasteiger partial charge is 0.509 e. The van der Waals surface area contributed by atoms with Gasteiger partial charge in [-0.25, -0.2) is 19.2 Å². The van der Waals surface area contributed by atoms with E-state index in [9.17, 15) is 24.3 Å². The van der Waals surface area contributed by atoms with Crippen molar-refractivity contribution in [3.8, 4) is 0 Å². The molecule has 0 radical (unpaired) electrons. The minimum atomic E-state index is -1.48. The molecule has 1 aliphatic rings. The Bertz CT molecular complexity index is 751. The maximum Gasteiger partial charge on any atom is 0.408 e. The van der Waals surface area contributed by atoms with Crippen LogP contribution in [0.1, 0.15) is 68.2 Å². The molecule has 182 valence electrons. The van der Waals surface area contributed by atoms with Crippen molar-refractivity contribution in [2.75, 3.05) is 6.54 Å². The van der Waals surface area contributed by atoms with Crippen molar-refractivity contribution in [2.45, 2.75) is 91.3 Å². The number of cyclic esters (lactones) is 2. The molecule has 1 fully saturated rings. The number of hydrogen-bond acceptors (Lipinski definition) is 9. The van der Waals surface area contributed by atoms with Gasteiger partial charge < -0.3 is 34.7 Å². The van der Waals surface area contributed by atoms with E-state index in [2.05, 4.69) is 10.6 Å². The lowest BCUT2D eigenvalue weighted by Gasteiger charge is -2.31. The summed E-state index contributed by atoms with van der Waals surface area (Å²) in [5, 5.41) is 15.6. The topological polar surface area (TPSA) is 149 Å². The molecule has 1 heterocycles. The van der Waals surface area contributed by atoms with Crippen molar-refractivity contribution < 1.29 is 43.2 Å². The van der Waals surface area contributed by atoms with Crippen LogP contribution in [0.2, 0.25) is 0 Å². The molecule has 11 nitrogen and oxygen atoms in total. The van der Waals surface area contributed by atoms with Crippen LogP contribution < -0.4 is 10.6 Å². The summed E-state index contributed by atoms with van der Waals surface area (Å²) < 4.78 is 20.3. The number of esters is 2. The van der Waals surface area contributed by atoms with Gasteiger partial charge in [0.1, 0.15) is 17.0 Å². The summed E-state index contributed by atoms with van der Waals surface area (Å²) in [5.74, 6) is -4.36. The summed E-state index contributed by atoms with van der Waals surface area (Å²) >= 11 is 0. The second kappa shape index (κ2) is 10.1. The van der Waals surface area contributed by atoms with E-state index in [4.69, 9.17) is 18.9 Å². The van der Waals surface area contributed by atoms with Crippen LogP contribution in [0.3, 0.4) is 0 Å². The summed E-state index contributed by atoms with van der Waals surface area (Å²) in [6, 6.07) is -1.18. The highest BCUT2D eigenvalue weighted by Crippen LogP contribution is 2.26. The van der Waals surface area contributed by atoms with Gasteiger partial charge in [0.2, 0.25) is 0 Å². The van der Waals surface area contributed by atoms with E-state index >= 15 is 0 Å². The summed E-state index contributed by atoms with van der Waals surface area (Å²) in [5.41, 5.74) is -2.20. The summed E-state index contributed by atoms with van der Waals surface area (Å²) in [6.07, 6.45) is -1.19. The molecule has 0 aromatic rings. The smallest absolute Gasteiger partial charge is 0.408 e. The highest BCUT2D eigenvalue weighted by molar-refractivity contribution is 6.15. The van der Waals surface area contributed by atoms with Gasteiger partial charge in [0.05, 0.1) is 6.04 Å². The zero-order chi connectivity index (χ0) is 24.9. The normalized spacial score (nSPS) is 16.9. The van der Waals surface area contributed by atoms with Gasteiger partial charge in [0.15, 0.2) is 5.57 Å². The maximum atomic E-state index is 12.3. The van der Waals surface area contributed by atoms with Crippen LogP contribution in [0.15, 0.2) is 11.3 Å². The number of carbonyl (C=O) groups is 4. The lowest BCUT2D eigenvalue weighted by molar-refractivity contribution is -0.222. The van der Waals surface area contributed by atoms with Gasteiger partial charge in [-0.05, 0) is 54.4 Å². The monoisotopic (exact) mass is 458 g/mol. The van der Waals surface area contributed by atoms with E-state index in [1.54, 1.807) is 41.5 Å². The first-order chi connectivity index (χ1) is 14.4. The Balaban J connectivity index is 2.95. The molecule has 0 aromatic carbocycles. The molecule has 32 heavy (non-hydrogen) atoms. The van der Waals surface area contributed by atoms with Crippen LogP contribution in [-0.4, -0.2) is 58.8 Å². The molecule has 1 unspecified atom stereocenters. The molecule has 0 spiro atoms. The van der Waals surface area contributed by atoms with Crippen LogP contribution in [0.5, 0.6) is 0 Å². The maximum absolute atomic E-state index is 12.3. The summed E-state index contributed by atoms with van der Waals surface area (Å²) in [7, 11) is 0. The Labute approximate surface area is 187 Å². The van der Waals surface area contributed by atoms with Gasteiger partial charge in [-0.1, -0.05) is 0 Å². The quantitative estimate of drug-likeness (QED) is 0.136.